The molecular weight excluding hydrogens is 319 g/mol. The molecule has 0 saturated carbocycles. The number of nitrogens with zero attached hydrogens (tertiary/aromatic N) is 2. The molecule has 0 N–H and O–H groups in total. The summed E-state index contributed by atoms with van der Waals surface area (Å²) < 4.78 is 43.9. The van der Waals surface area contributed by atoms with E-state index in [2.05, 4.69) is 4.90 Å². The molecule has 128 valence electrons. The Morgan fingerprint density at radius 2 is 1.87 bits per heavy atom. The molecule has 1 aromatic rings. The second kappa shape index (κ2) is 6.03. The summed E-state index contributed by atoms with van der Waals surface area (Å²) in [6.45, 7) is 1.66. The molecule has 2 heterocycles. The molecule has 0 amide bonds. The molecular formula is C16H23FN2O3S. The molecule has 7 heteroatoms. The van der Waals surface area contributed by atoms with Gasteiger partial charge >= 0.3 is 0 Å². The average Bonchev–Trinajstić information content (AvgIpc) is 2.91. The van der Waals surface area contributed by atoms with Gasteiger partial charge in [0.15, 0.2) is 0 Å². The molecule has 1 spiro atoms. The molecule has 0 aliphatic carbocycles. The Morgan fingerprint density at radius 1 is 1.26 bits per heavy atom. The third kappa shape index (κ3) is 3.51. The summed E-state index contributed by atoms with van der Waals surface area (Å²) in [4.78, 5) is 2.12. The van der Waals surface area contributed by atoms with E-state index in [9.17, 15) is 12.8 Å². The van der Waals surface area contributed by atoms with Crippen molar-refractivity contribution in [2.24, 2.45) is 0 Å². The molecule has 2 fully saturated rings. The van der Waals surface area contributed by atoms with Gasteiger partial charge in [0.2, 0.25) is 10.0 Å². The van der Waals surface area contributed by atoms with E-state index in [1.807, 2.05) is 7.05 Å². The summed E-state index contributed by atoms with van der Waals surface area (Å²) in [6.07, 6.45) is 3.59. The third-order valence-electron chi connectivity index (χ3n) is 5.07. The number of rotatable bonds is 3. The van der Waals surface area contributed by atoms with E-state index in [1.165, 1.54) is 22.7 Å². The summed E-state index contributed by atoms with van der Waals surface area (Å²) in [5, 5.41) is 0. The smallest absolute Gasteiger partial charge is 0.211 e. The van der Waals surface area contributed by atoms with Gasteiger partial charge in [0.05, 0.1) is 24.5 Å². The number of likely N-dealkylation sites (N-methyl/N-ethyl adjacent to an activating group) is 1. The van der Waals surface area contributed by atoms with Crippen molar-refractivity contribution in [3.8, 4) is 0 Å². The summed E-state index contributed by atoms with van der Waals surface area (Å²) in [7, 11) is -1.13. The van der Waals surface area contributed by atoms with E-state index < -0.39 is 10.0 Å². The van der Waals surface area contributed by atoms with Crippen molar-refractivity contribution in [3.05, 3.63) is 30.1 Å². The quantitative estimate of drug-likeness (QED) is 0.841. The molecule has 3 rings (SSSR count). The van der Waals surface area contributed by atoms with Crippen molar-refractivity contribution >= 4 is 15.7 Å². The van der Waals surface area contributed by atoms with E-state index in [0.29, 0.717) is 19.7 Å². The zero-order valence-electron chi connectivity index (χ0n) is 13.5. The van der Waals surface area contributed by atoms with Gasteiger partial charge in [-0.2, -0.15) is 0 Å². The van der Waals surface area contributed by atoms with Crippen molar-refractivity contribution in [3.63, 3.8) is 0 Å². The number of anilines is 1. The number of halogens is 1. The Balaban J connectivity index is 1.63. The second-order valence-corrected chi connectivity index (χ2v) is 8.58. The van der Waals surface area contributed by atoms with Crippen LogP contribution in [0.1, 0.15) is 19.3 Å². The fourth-order valence-corrected chi connectivity index (χ4v) is 4.38. The highest BCUT2D eigenvalue weighted by atomic mass is 32.2. The molecule has 1 atom stereocenters. The Hall–Kier alpha value is -1.18. The number of benzene rings is 1. The summed E-state index contributed by atoms with van der Waals surface area (Å²) in [5.41, 5.74) is 0.741. The van der Waals surface area contributed by atoms with Gasteiger partial charge in [-0.15, -0.1) is 0 Å². The first-order chi connectivity index (χ1) is 10.8. The summed E-state index contributed by atoms with van der Waals surface area (Å²) in [6, 6.07) is 6.69. The van der Waals surface area contributed by atoms with Crippen molar-refractivity contribution in [2.75, 3.05) is 37.9 Å². The lowest BCUT2D eigenvalue weighted by Gasteiger charge is -2.37. The van der Waals surface area contributed by atoms with Crippen LogP contribution in [0.3, 0.4) is 0 Å². The van der Waals surface area contributed by atoms with Crippen molar-refractivity contribution < 1.29 is 17.5 Å². The topological polar surface area (TPSA) is 49.9 Å². The third-order valence-corrected chi connectivity index (χ3v) is 6.38. The lowest BCUT2D eigenvalue weighted by Crippen LogP contribution is -2.46. The van der Waals surface area contributed by atoms with E-state index in [1.54, 1.807) is 12.1 Å². The fraction of sp³-hybridized carbons (Fsp3) is 0.625. The normalized spacial score (nSPS) is 24.9. The van der Waals surface area contributed by atoms with Crippen LogP contribution in [-0.2, 0) is 14.8 Å². The maximum Gasteiger partial charge on any atom is 0.211 e. The van der Waals surface area contributed by atoms with Crippen LogP contribution in [-0.4, -0.2) is 57.4 Å². The zero-order chi connectivity index (χ0) is 16.7. The van der Waals surface area contributed by atoms with Gasteiger partial charge in [-0.05, 0) is 43.5 Å². The highest BCUT2D eigenvalue weighted by Crippen LogP contribution is 2.38. The molecule has 2 aliphatic rings. The van der Waals surface area contributed by atoms with E-state index >= 15 is 0 Å². The highest BCUT2D eigenvalue weighted by molar-refractivity contribution is 7.88. The molecule has 23 heavy (non-hydrogen) atoms. The fourth-order valence-electron chi connectivity index (χ4n) is 3.53. The molecule has 0 aromatic heterocycles. The monoisotopic (exact) mass is 342 g/mol. The minimum atomic E-state index is -3.12. The first-order valence-electron chi connectivity index (χ1n) is 7.87. The van der Waals surface area contributed by atoms with Gasteiger partial charge in [-0.1, -0.05) is 0 Å². The van der Waals surface area contributed by atoms with Gasteiger partial charge in [0.1, 0.15) is 5.82 Å². The molecule has 0 bridgehead atoms. The Kier molecular flexibility index (Phi) is 4.37. The van der Waals surface area contributed by atoms with Crippen LogP contribution >= 0.6 is 0 Å². The molecule has 2 saturated heterocycles. The molecule has 1 aromatic carbocycles. The lowest BCUT2D eigenvalue weighted by molar-refractivity contribution is -0.0309. The Morgan fingerprint density at radius 3 is 2.43 bits per heavy atom. The second-order valence-electron chi connectivity index (χ2n) is 6.60. The van der Waals surface area contributed by atoms with Crippen LogP contribution in [0.2, 0.25) is 0 Å². The van der Waals surface area contributed by atoms with Crippen molar-refractivity contribution in [2.45, 2.75) is 30.9 Å². The van der Waals surface area contributed by atoms with Crippen LogP contribution in [0.15, 0.2) is 24.3 Å². The Bertz CT molecular complexity index is 654. The van der Waals surface area contributed by atoms with Crippen LogP contribution < -0.4 is 4.90 Å². The van der Waals surface area contributed by atoms with Crippen LogP contribution in [0.4, 0.5) is 10.1 Å². The zero-order valence-corrected chi connectivity index (χ0v) is 14.4. The van der Waals surface area contributed by atoms with Gasteiger partial charge in [0, 0.05) is 25.8 Å². The first-order valence-corrected chi connectivity index (χ1v) is 9.71. The predicted molar refractivity (Wildman–Crippen MR) is 87.5 cm³/mol. The molecule has 0 unspecified atom stereocenters. The van der Waals surface area contributed by atoms with E-state index in [0.717, 1.165) is 24.9 Å². The van der Waals surface area contributed by atoms with Crippen molar-refractivity contribution in [1.29, 1.82) is 0 Å². The largest absolute Gasteiger partial charge is 0.373 e. The molecule has 2 aliphatic heterocycles. The summed E-state index contributed by atoms with van der Waals surface area (Å²) >= 11 is 0. The molecule has 0 radical (unpaired) electrons. The molecule has 5 nitrogen and oxygen atoms in total. The summed E-state index contributed by atoms with van der Waals surface area (Å²) in [5.74, 6) is -0.241. The van der Waals surface area contributed by atoms with Crippen LogP contribution in [0.25, 0.3) is 0 Å². The van der Waals surface area contributed by atoms with Gasteiger partial charge < -0.3 is 9.64 Å². The highest BCUT2D eigenvalue weighted by Gasteiger charge is 2.45. The van der Waals surface area contributed by atoms with Gasteiger partial charge in [-0.3, -0.25) is 0 Å². The number of piperidine rings is 1. The lowest BCUT2D eigenvalue weighted by atomic mass is 9.88. The maximum absolute atomic E-state index is 13.0. The predicted octanol–water partition coefficient (Wildman–Crippen LogP) is 1.84. The SMILES string of the molecule is CN(c1ccc(F)cc1)[C@H]1COC2(CCN(S(C)(=O)=O)CC2)C1. The standard InChI is InChI=1S/C16H23FN2O3S/c1-18(14-5-3-13(17)4-6-14)15-11-16(22-12-15)7-9-19(10-8-16)23(2,20)21/h3-6,15H,7-12H2,1-2H3/t15-/m1/s1. The number of hydrogen-bond acceptors (Lipinski definition) is 4. The van der Waals surface area contributed by atoms with Crippen LogP contribution in [0.5, 0.6) is 0 Å². The average molecular weight is 342 g/mol. The number of ether oxygens (including phenoxy) is 1. The number of hydrogen-bond donors (Lipinski definition) is 0. The number of sulfonamides is 1. The van der Waals surface area contributed by atoms with Crippen LogP contribution in [0, 0.1) is 5.82 Å². The first kappa shape index (κ1) is 16.7. The van der Waals surface area contributed by atoms with Gasteiger partial charge in [0.25, 0.3) is 0 Å². The minimum Gasteiger partial charge on any atom is -0.373 e. The van der Waals surface area contributed by atoms with Gasteiger partial charge in [-0.25, -0.2) is 17.1 Å². The van der Waals surface area contributed by atoms with Crippen molar-refractivity contribution in [1.82, 2.24) is 4.31 Å². The van der Waals surface area contributed by atoms with E-state index in [4.69, 9.17) is 4.74 Å². The minimum absolute atomic E-state index is 0.222. The Labute approximate surface area is 137 Å². The maximum atomic E-state index is 13.0. The van der Waals surface area contributed by atoms with E-state index in [-0.39, 0.29) is 17.5 Å².